The van der Waals surface area contributed by atoms with Crippen molar-refractivity contribution >= 4 is 39.5 Å². The van der Waals surface area contributed by atoms with Crippen molar-refractivity contribution < 1.29 is 4.79 Å². The Morgan fingerprint density at radius 1 is 0.977 bits per heavy atom. The molecule has 8 nitrogen and oxygen atoms in total. The Hall–Kier alpha value is -4.95. The Kier molecular flexibility index (Phi) is 6.10. The lowest BCUT2D eigenvalue weighted by atomic mass is 9.88. The molecule has 8 rings (SSSR count). The van der Waals surface area contributed by atoms with E-state index in [1.165, 1.54) is 37.9 Å². The van der Waals surface area contributed by atoms with E-state index in [0.717, 1.165) is 44.2 Å². The van der Waals surface area contributed by atoms with Crippen molar-refractivity contribution in [1.29, 1.82) is 0 Å². The number of hydrogen-bond donors (Lipinski definition) is 3. The molecule has 0 bridgehead atoms. The molecule has 1 unspecified atom stereocenters. The number of carbonyl (C=O) groups is 1. The molecule has 1 atom stereocenters. The zero-order chi connectivity index (χ0) is 30.0. The van der Waals surface area contributed by atoms with E-state index in [2.05, 4.69) is 62.5 Å². The minimum atomic E-state index is -0.228. The molecule has 2 fully saturated rings. The van der Waals surface area contributed by atoms with E-state index in [1.54, 1.807) is 4.57 Å². The van der Waals surface area contributed by atoms with E-state index in [9.17, 15) is 4.79 Å². The highest BCUT2D eigenvalue weighted by atomic mass is 16.2. The maximum absolute atomic E-state index is 13.2. The molecule has 6 aromatic rings. The summed E-state index contributed by atoms with van der Waals surface area (Å²) in [6.07, 6.45) is 7.59. The van der Waals surface area contributed by atoms with Crippen LogP contribution >= 0.6 is 0 Å². The third-order valence-corrected chi connectivity index (χ3v) is 9.92. The van der Waals surface area contributed by atoms with Crippen molar-refractivity contribution in [2.75, 3.05) is 31.2 Å². The molecule has 8 heteroatoms. The maximum atomic E-state index is 13.2. The van der Waals surface area contributed by atoms with Crippen LogP contribution in [0.3, 0.4) is 0 Å². The second kappa shape index (κ2) is 10.1. The summed E-state index contributed by atoms with van der Waals surface area (Å²) < 4.78 is 1.58. The van der Waals surface area contributed by atoms with Crippen LogP contribution in [0.15, 0.2) is 85.2 Å². The Labute approximate surface area is 255 Å². The van der Waals surface area contributed by atoms with Crippen LogP contribution in [0.5, 0.6) is 0 Å². The van der Waals surface area contributed by atoms with Crippen LogP contribution in [-0.4, -0.2) is 50.6 Å². The van der Waals surface area contributed by atoms with E-state index in [4.69, 9.17) is 5.73 Å². The molecule has 1 aliphatic heterocycles. The van der Waals surface area contributed by atoms with Gasteiger partial charge in [-0.25, -0.2) is 9.78 Å². The van der Waals surface area contributed by atoms with Crippen molar-refractivity contribution in [3.05, 3.63) is 96.3 Å². The topological polar surface area (TPSA) is 105 Å². The van der Waals surface area contributed by atoms with Crippen molar-refractivity contribution in [1.82, 2.24) is 24.4 Å². The van der Waals surface area contributed by atoms with Gasteiger partial charge in [0, 0.05) is 34.7 Å². The van der Waals surface area contributed by atoms with Crippen LogP contribution in [0.1, 0.15) is 36.3 Å². The first kappa shape index (κ1) is 26.7. The standard InChI is InChI=1S/C36H35N7O/c1-22-27(8-5-9-30(22)39-35(44)43-20-25-6-3-4-7-26(25)21-43)32-28-18-31(38-33(28)41-34(37)40-32)24-12-10-23(11-13-24)29-19-36(29)14-16-42(2)17-15-36/h3-13,18,20-21,29H,14-17,19H2,1-2H3,(H,39,44)(H3,37,38,40,41). The fraction of sp³-hybridized carbons (Fsp3) is 0.250. The quantitative estimate of drug-likeness (QED) is 0.201. The highest BCUT2D eigenvalue weighted by molar-refractivity contribution is 5.99. The summed E-state index contributed by atoms with van der Waals surface area (Å²) in [7, 11) is 2.23. The molecular formula is C36H35N7O. The highest BCUT2D eigenvalue weighted by Gasteiger charge is 2.54. The first-order chi connectivity index (χ1) is 21.4. The summed E-state index contributed by atoms with van der Waals surface area (Å²) in [5, 5.41) is 5.98. The van der Waals surface area contributed by atoms with E-state index >= 15 is 0 Å². The normalized spacial score (nSPS) is 17.8. The average Bonchev–Trinajstić information content (AvgIpc) is 3.33. The number of anilines is 2. The van der Waals surface area contributed by atoms with Crippen molar-refractivity contribution in [3.8, 4) is 22.5 Å². The molecule has 220 valence electrons. The molecular weight excluding hydrogens is 546 g/mol. The minimum absolute atomic E-state index is 0.196. The Bertz CT molecular complexity index is 2010. The number of H-pyrrole nitrogens is 1. The fourth-order valence-corrected chi connectivity index (χ4v) is 7.13. The van der Waals surface area contributed by atoms with Crippen LogP contribution in [0.4, 0.5) is 16.4 Å². The number of rotatable bonds is 4. The van der Waals surface area contributed by atoms with E-state index in [0.29, 0.717) is 22.7 Å². The first-order valence-electron chi connectivity index (χ1n) is 15.3. The van der Waals surface area contributed by atoms with Gasteiger partial charge in [-0.2, -0.15) is 4.98 Å². The van der Waals surface area contributed by atoms with Crippen LogP contribution in [0.25, 0.3) is 44.3 Å². The summed E-state index contributed by atoms with van der Waals surface area (Å²) in [4.78, 5) is 28.3. The third kappa shape index (κ3) is 4.53. The summed E-state index contributed by atoms with van der Waals surface area (Å²) in [6.45, 7) is 4.40. The zero-order valence-corrected chi connectivity index (χ0v) is 25.0. The van der Waals surface area contributed by atoms with Gasteiger partial charge >= 0.3 is 6.03 Å². The first-order valence-corrected chi connectivity index (χ1v) is 15.3. The summed E-state index contributed by atoms with van der Waals surface area (Å²) in [6, 6.07) is 24.6. The predicted octanol–water partition coefficient (Wildman–Crippen LogP) is 7.42. The molecule has 3 aromatic carbocycles. The number of hydrogen-bond acceptors (Lipinski definition) is 5. The van der Waals surface area contributed by atoms with Gasteiger partial charge in [-0.1, -0.05) is 60.7 Å². The molecule has 1 saturated carbocycles. The van der Waals surface area contributed by atoms with Crippen LogP contribution < -0.4 is 11.1 Å². The zero-order valence-electron chi connectivity index (χ0n) is 25.0. The summed E-state index contributed by atoms with van der Waals surface area (Å²) in [5.41, 5.74) is 14.2. The number of aromatic amines is 1. The second-order valence-corrected chi connectivity index (χ2v) is 12.6. The number of carbonyl (C=O) groups excluding carboxylic acids is 1. The number of nitrogens with zero attached hydrogens (tertiary/aromatic N) is 4. The van der Waals surface area contributed by atoms with Gasteiger partial charge < -0.3 is 20.9 Å². The number of aromatic nitrogens is 4. The fourth-order valence-electron chi connectivity index (χ4n) is 7.13. The Morgan fingerprint density at radius 2 is 1.70 bits per heavy atom. The lowest BCUT2D eigenvalue weighted by Crippen LogP contribution is -2.31. The molecule has 4 heterocycles. The lowest BCUT2D eigenvalue weighted by Gasteiger charge is -2.30. The largest absolute Gasteiger partial charge is 0.368 e. The van der Waals surface area contributed by atoms with Gasteiger partial charge in [-0.05, 0) is 97.3 Å². The van der Waals surface area contributed by atoms with Crippen LogP contribution in [-0.2, 0) is 0 Å². The summed E-state index contributed by atoms with van der Waals surface area (Å²) >= 11 is 0. The van der Waals surface area contributed by atoms with E-state index in [1.807, 2.05) is 61.8 Å². The van der Waals surface area contributed by atoms with E-state index in [-0.39, 0.29) is 12.0 Å². The van der Waals surface area contributed by atoms with Gasteiger partial charge in [0.25, 0.3) is 0 Å². The number of fused-ring (bicyclic) bond motifs is 2. The molecule has 1 amide bonds. The maximum Gasteiger partial charge on any atom is 0.330 e. The van der Waals surface area contributed by atoms with Gasteiger partial charge in [0.1, 0.15) is 5.65 Å². The second-order valence-electron chi connectivity index (χ2n) is 12.6. The molecule has 3 aromatic heterocycles. The van der Waals surface area contributed by atoms with Gasteiger partial charge in [0.2, 0.25) is 5.95 Å². The lowest BCUT2D eigenvalue weighted by molar-refractivity contribution is 0.201. The number of nitrogen functional groups attached to an aromatic ring is 1. The third-order valence-electron chi connectivity index (χ3n) is 9.92. The number of nitrogens with one attached hydrogen (secondary N) is 2. The Morgan fingerprint density at radius 3 is 2.43 bits per heavy atom. The monoisotopic (exact) mass is 581 g/mol. The molecule has 1 aliphatic carbocycles. The van der Waals surface area contributed by atoms with Gasteiger partial charge in [0.15, 0.2) is 0 Å². The van der Waals surface area contributed by atoms with Crippen molar-refractivity contribution in [2.45, 2.75) is 32.1 Å². The van der Waals surface area contributed by atoms with Gasteiger partial charge in [0.05, 0.1) is 5.69 Å². The molecule has 0 radical (unpaired) electrons. The highest BCUT2D eigenvalue weighted by Crippen LogP contribution is 2.64. The summed E-state index contributed by atoms with van der Waals surface area (Å²) in [5.74, 6) is 0.874. The average molecular weight is 582 g/mol. The SMILES string of the molecule is Cc1c(NC(=O)n2cc3ccccc3c2)cccc1-c1nc(N)nc2[nH]c(-c3ccc(C4CC45CCN(C)CC5)cc3)cc12. The molecule has 44 heavy (non-hydrogen) atoms. The number of likely N-dealkylation sites (tertiary alicyclic amines) is 1. The van der Waals surface area contributed by atoms with Crippen molar-refractivity contribution in [2.24, 2.45) is 5.41 Å². The van der Waals surface area contributed by atoms with Crippen LogP contribution in [0, 0.1) is 12.3 Å². The molecule has 1 spiro atoms. The van der Waals surface area contributed by atoms with Crippen molar-refractivity contribution in [3.63, 3.8) is 0 Å². The number of benzene rings is 3. The Balaban J connectivity index is 1.08. The molecule has 4 N–H and O–H groups in total. The van der Waals surface area contributed by atoms with Crippen LogP contribution in [0.2, 0.25) is 0 Å². The number of amides is 1. The van der Waals surface area contributed by atoms with E-state index < -0.39 is 0 Å². The predicted molar refractivity (Wildman–Crippen MR) is 177 cm³/mol. The number of piperidine rings is 1. The van der Waals surface area contributed by atoms with Gasteiger partial charge in [-0.3, -0.25) is 4.57 Å². The molecule has 1 saturated heterocycles. The smallest absolute Gasteiger partial charge is 0.330 e. The molecule has 2 aliphatic rings. The minimum Gasteiger partial charge on any atom is -0.368 e. The number of nitrogens with two attached hydrogens (primary N) is 1. The van der Waals surface area contributed by atoms with Gasteiger partial charge in [-0.15, -0.1) is 0 Å².